The molecule has 0 spiro atoms. The number of fused-ring (bicyclic) bond motifs is 1. The van der Waals surface area contributed by atoms with Crippen molar-refractivity contribution in [3.63, 3.8) is 0 Å². The molecule has 17 heavy (non-hydrogen) atoms. The van der Waals surface area contributed by atoms with Gasteiger partial charge in [-0.2, -0.15) is 5.10 Å². The molecule has 2 N–H and O–H groups in total. The molecule has 0 saturated carbocycles. The fourth-order valence-electron chi connectivity index (χ4n) is 2.15. The SMILES string of the molecule is Oc1ccccc1-n1nc(Br)c2c1CCNC2. The molecule has 0 atom stereocenters. The molecular weight excluding hydrogens is 282 g/mol. The summed E-state index contributed by atoms with van der Waals surface area (Å²) in [4.78, 5) is 0. The third-order valence-electron chi connectivity index (χ3n) is 2.99. The second-order valence-electron chi connectivity index (χ2n) is 4.04. The van der Waals surface area contributed by atoms with Gasteiger partial charge in [0.2, 0.25) is 0 Å². The van der Waals surface area contributed by atoms with Crippen LogP contribution >= 0.6 is 15.9 Å². The number of benzene rings is 1. The van der Waals surface area contributed by atoms with Gasteiger partial charge in [0.25, 0.3) is 0 Å². The zero-order chi connectivity index (χ0) is 11.8. The summed E-state index contributed by atoms with van der Waals surface area (Å²) in [6.07, 6.45) is 0.919. The molecule has 3 rings (SSSR count). The Morgan fingerprint density at radius 1 is 1.35 bits per heavy atom. The van der Waals surface area contributed by atoms with Crippen molar-refractivity contribution in [2.45, 2.75) is 13.0 Å². The van der Waals surface area contributed by atoms with Crippen LogP contribution < -0.4 is 5.32 Å². The number of para-hydroxylation sites is 2. The van der Waals surface area contributed by atoms with E-state index in [1.807, 2.05) is 22.9 Å². The molecule has 2 heterocycles. The molecule has 88 valence electrons. The molecule has 1 aliphatic rings. The highest BCUT2D eigenvalue weighted by Gasteiger charge is 2.20. The van der Waals surface area contributed by atoms with Gasteiger partial charge in [-0.25, -0.2) is 4.68 Å². The first-order chi connectivity index (χ1) is 8.27. The fourth-order valence-corrected chi connectivity index (χ4v) is 2.68. The van der Waals surface area contributed by atoms with E-state index in [1.54, 1.807) is 6.07 Å². The molecule has 0 aliphatic carbocycles. The average molecular weight is 294 g/mol. The van der Waals surface area contributed by atoms with Crippen LogP contribution in [0.15, 0.2) is 28.9 Å². The lowest BCUT2D eigenvalue weighted by Gasteiger charge is -2.15. The van der Waals surface area contributed by atoms with E-state index in [0.717, 1.165) is 35.5 Å². The molecule has 0 bridgehead atoms. The van der Waals surface area contributed by atoms with Gasteiger partial charge in [-0.15, -0.1) is 0 Å². The second kappa shape index (κ2) is 4.16. The highest BCUT2D eigenvalue weighted by molar-refractivity contribution is 9.10. The summed E-state index contributed by atoms with van der Waals surface area (Å²) in [5.41, 5.74) is 3.08. The number of phenols is 1. The molecule has 1 aliphatic heterocycles. The Hall–Kier alpha value is -1.33. The molecule has 0 amide bonds. The number of halogens is 1. The highest BCUT2D eigenvalue weighted by Crippen LogP contribution is 2.28. The van der Waals surface area contributed by atoms with E-state index in [0.29, 0.717) is 0 Å². The maximum Gasteiger partial charge on any atom is 0.141 e. The fraction of sp³-hybridized carbons (Fsp3) is 0.250. The predicted molar refractivity (Wildman–Crippen MR) is 68.3 cm³/mol. The largest absolute Gasteiger partial charge is 0.506 e. The Morgan fingerprint density at radius 2 is 2.18 bits per heavy atom. The van der Waals surface area contributed by atoms with Crippen molar-refractivity contribution in [3.8, 4) is 11.4 Å². The summed E-state index contributed by atoms with van der Waals surface area (Å²) < 4.78 is 2.68. The molecule has 1 aromatic carbocycles. The molecule has 2 aromatic rings. The summed E-state index contributed by atoms with van der Waals surface area (Å²) in [7, 11) is 0. The monoisotopic (exact) mass is 293 g/mol. The van der Waals surface area contributed by atoms with Crippen molar-refractivity contribution in [2.24, 2.45) is 0 Å². The van der Waals surface area contributed by atoms with Gasteiger partial charge in [-0.3, -0.25) is 0 Å². The number of nitrogens with one attached hydrogen (secondary N) is 1. The molecule has 1 aromatic heterocycles. The maximum atomic E-state index is 9.88. The van der Waals surface area contributed by atoms with Crippen molar-refractivity contribution < 1.29 is 5.11 Å². The van der Waals surface area contributed by atoms with Gasteiger partial charge in [-0.05, 0) is 28.1 Å². The first-order valence-corrected chi connectivity index (χ1v) is 6.32. The third kappa shape index (κ3) is 1.75. The Labute approximate surface area is 107 Å². The normalized spacial score (nSPS) is 14.6. The van der Waals surface area contributed by atoms with E-state index in [1.165, 1.54) is 5.56 Å². The van der Waals surface area contributed by atoms with Crippen molar-refractivity contribution in [1.82, 2.24) is 15.1 Å². The predicted octanol–water partition coefficient (Wildman–Crippen LogP) is 1.99. The van der Waals surface area contributed by atoms with Crippen LogP contribution in [-0.2, 0) is 13.0 Å². The van der Waals surface area contributed by atoms with Crippen molar-refractivity contribution in [2.75, 3.05) is 6.54 Å². The molecule has 0 saturated heterocycles. The number of aromatic hydroxyl groups is 1. The zero-order valence-corrected chi connectivity index (χ0v) is 10.7. The maximum absolute atomic E-state index is 9.88. The summed E-state index contributed by atoms with van der Waals surface area (Å²) in [5.74, 6) is 0.254. The van der Waals surface area contributed by atoms with E-state index < -0.39 is 0 Å². The summed E-state index contributed by atoms with van der Waals surface area (Å²) >= 11 is 3.47. The average Bonchev–Trinajstić information content (AvgIpc) is 2.68. The van der Waals surface area contributed by atoms with Crippen LogP contribution in [0.25, 0.3) is 5.69 Å². The van der Waals surface area contributed by atoms with Gasteiger partial charge >= 0.3 is 0 Å². The molecule has 0 radical (unpaired) electrons. The van der Waals surface area contributed by atoms with E-state index in [9.17, 15) is 5.11 Å². The Bertz CT molecular complexity index is 565. The van der Waals surface area contributed by atoms with Crippen LogP contribution in [0, 0.1) is 0 Å². The van der Waals surface area contributed by atoms with E-state index >= 15 is 0 Å². The Morgan fingerprint density at radius 3 is 3.00 bits per heavy atom. The van der Waals surface area contributed by atoms with Gasteiger partial charge in [-0.1, -0.05) is 12.1 Å². The lowest BCUT2D eigenvalue weighted by atomic mass is 10.1. The van der Waals surface area contributed by atoms with Gasteiger partial charge in [0.1, 0.15) is 16.0 Å². The number of nitrogens with zero attached hydrogens (tertiary/aromatic N) is 2. The summed E-state index contributed by atoms with van der Waals surface area (Å²) in [5, 5.41) is 17.7. The topological polar surface area (TPSA) is 50.1 Å². The van der Waals surface area contributed by atoms with E-state index in [4.69, 9.17) is 0 Å². The number of hydrogen-bond donors (Lipinski definition) is 2. The van der Waals surface area contributed by atoms with Crippen LogP contribution in [0.4, 0.5) is 0 Å². The number of aromatic nitrogens is 2. The van der Waals surface area contributed by atoms with Crippen LogP contribution in [0.3, 0.4) is 0 Å². The van der Waals surface area contributed by atoms with Gasteiger partial charge < -0.3 is 10.4 Å². The first-order valence-electron chi connectivity index (χ1n) is 5.52. The summed E-state index contributed by atoms with van der Waals surface area (Å²) in [6, 6.07) is 7.26. The number of rotatable bonds is 1. The molecule has 4 nitrogen and oxygen atoms in total. The van der Waals surface area contributed by atoms with Crippen molar-refractivity contribution in [3.05, 3.63) is 40.1 Å². The minimum atomic E-state index is 0.254. The Kier molecular flexibility index (Phi) is 2.64. The quantitative estimate of drug-likeness (QED) is 0.845. The third-order valence-corrected chi connectivity index (χ3v) is 3.63. The zero-order valence-electron chi connectivity index (χ0n) is 9.15. The number of phenolic OH excluding ortho intramolecular Hbond substituents is 1. The van der Waals surface area contributed by atoms with Gasteiger partial charge in [0.05, 0.1) is 5.69 Å². The number of hydrogen-bond acceptors (Lipinski definition) is 3. The second-order valence-corrected chi connectivity index (χ2v) is 4.79. The molecule has 0 fully saturated rings. The highest BCUT2D eigenvalue weighted by atomic mass is 79.9. The Balaban J connectivity index is 2.19. The van der Waals surface area contributed by atoms with Crippen LogP contribution in [0.5, 0.6) is 5.75 Å². The van der Waals surface area contributed by atoms with Gasteiger partial charge in [0.15, 0.2) is 0 Å². The minimum absolute atomic E-state index is 0.254. The molecule has 0 unspecified atom stereocenters. The van der Waals surface area contributed by atoms with E-state index in [2.05, 4.69) is 26.3 Å². The summed E-state index contributed by atoms with van der Waals surface area (Å²) in [6.45, 7) is 1.77. The smallest absolute Gasteiger partial charge is 0.141 e. The molecular formula is C12H12BrN3O. The van der Waals surface area contributed by atoms with Crippen LogP contribution in [-0.4, -0.2) is 21.4 Å². The van der Waals surface area contributed by atoms with E-state index in [-0.39, 0.29) is 5.75 Å². The van der Waals surface area contributed by atoms with Gasteiger partial charge in [0, 0.05) is 25.1 Å². The van der Waals surface area contributed by atoms with Crippen molar-refractivity contribution >= 4 is 15.9 Å². The molecule has 5 heteroatoms. The lowest BCUT2D eigenvalue weighted by Crippen LogP contribution is -2.24. The first kappa shape index (κ1) is 10.8. The van der Waals surface area contributed by atoms with Crippen LogP contribution in [0.1, 0.15) is 11.3 Å². The van der Waals surface area contributed by atoms with Crippen molar-refractivity contribution in [1.29, 1.82) is 0 Å². The lowest BCUT2D eigenvalue weighted by molar-refractivity contribution is 0.469. The standard InChI is InChI=1S/C12H12BrN3O/c13-12-8-7-14-6-5-9(8)16(15-12)10-3-1-2-4-11(10)17/h1-4,14,17H,5-7H2. The van der Waals surface area contributed by atoms with Crippen LogP contribution in [0.2, 0.25) is 0 Å². The minimum Gasteiger partial charge on any atom is -0.506 e.